The average molecular weight is 543 g/mol. The highest BCUT2D eigenvalue weighted by Gasteiger charge is 2.29. The maximum atomic E-state index is 12.8. The molecule has 1 fully saturated rings. The van der Waals surface area contributed by atoms with E-state index in [0.717, 1.165) is 6.04 Å². The molecule has 1 aliphatic rings. The number of alkyl halides is 3. The SMILES string of the molecule is C[Si](C)(C)CCOCn1ccc(=O)n(CCCN2CCN(c3ccccc3OCC(F)(F)F)CC2)c1=O. The van der Waals surface area contributed by atoms with Crippen LogP contribution in [0.2, 0.25) is 25.7 Å². The number of hydrogen-bond donors (Lipinski definition) is 0. The summed E-state index contributed by atoms with van der Waals surface area (Å²) in [6, 6.07) is 9.15. The van der Waals surface area contributed by atoms with E-state index in [1.54, 1.807) is 24.3 Å². The number of halogens is 3. The Balaban J connectivity index is 1.48. The van der Waals surface area contributed by atoms with Gasteiger partial charge in [-0.2, -0.15) is 13.2 Å². The molecule has 0 saturated carbocycles. The molecule has 12 heteroatoms. The number of benzene rings is 1. The smallest absolute Gasteiger partial charge is 0.422 e. The first kappa shape index (κ1) is 29.0. The van der Waals surface area contributed by atoms with Crippen LogP contribution >= 0.6 is 0 Å². The first-order chi connectivity index (χ1) is 17.4. The Kier molecular flexibility index (Phi) is 10.0. The minimum absolute atomic E-state index is 0.125. The van der Waals surface area contributed by atoms with Crippen molar-refractivity contribution in [2.24, 2.45) is 0 Å². The van der Waals surface area contributed by atoms with Gasteiger partial charge in [-0.3, -0.25) is 18.8 Å². The number of anilines is 1. The van der Waals surface area contributed by atoms with E-state index in [1.165, 1.54) is 21.4 Å². The zero-order valence-electron chi connectivity index (χ0n) is 21.8. The molecule has 2 heterocycles. The fourth-order valence-electron chi connectivity index (χ4n) is 4.07. The van der Waals surface area contributed by atoms with Gasteiger partial charge in [0, 0.05) is 59.7 Å². The van der Waals surface area contributed by atoms with Crippen LogP contribution in [0.15, 0.2) is 46.1 Å². The molecule has 8 nitrogen and oxygen atoms in total. The van der Waals surface area contributed by atoms with Crippen molar-refractivity contribution < 1.29 is 22.6 Å². The topological polar surface area (TPSA) is 68.9 Å². The number of aromatic nitrogens is 2. The Bertz CT molecular complexity index is 1120. The minimum Gasteiger partial charge on any atom is -0.482 e. The largest absolute Gasteiger partial charge is 0.482 e. The van der Waals surface area contributed by atoms with E-state index in [9.17, 15) is 22.8 Å². The number of rotatable bonds is 12. The molecule has 0 atom stereocenters. The van der Waals surface area contributed by atoms with Crippen LogP contribution in [0.1, 0.15) is 6.42 Å². The lowest BCUT2D eigenvalue weighted by atomic mass is 10.2. The normalized spacial score (nSPS) is 15.2. The molecule has 206 valence electrons. The molecule has 3 rings (SSSR count). The second-order valence-corrected chi connectivity index (χ2v) is 16.1. The van der Waals surface area contributed by atoms with Gasteiger partial charge in [-0.1, -0.05) is 31.8 Å². The van der Waals surface area contributed by atoms with Crippen LogP contribution in [0.3, 0.4) is 0 Å². The van der Waals surface area contributed by atoms with Gasteiger partial charge < -0.3 is 14.4 Å². The van der Waals surface area contributed by atoms with Gasteiger partial charge in [-0.15, -0.1) is 0 Å². The quantitative estimate of drug-likeness (QED) is 0.302. The molecule has 0 aliphatic carbocycles. The second kappa shape index (κ2) is 12.8. The third-order valence-corrected chi connectivity index (χ3v) is 7.90. The summed E-state index contributed by atoms with van der Waals surface area (Å²) >= 11 is 0. The molecule has 2 aromatic rings. The average Bonchev–Trinajstić information content (AvgIpc) is 2.83. The standard InChI is InChI=1S/C25H37F3N4O4Si/c1-37(2,3)18-17-35-20-31-12-9-23(33)32(24(31)34)11-6-10-29-13-15-30(16-14-29)21-7-4-5-8-22(21)36-19-25(26,27)28/h4-5,7-9,12H,6,10-11,13-20H2,1-3H3. The van der Waals surface area contributed by atoms with Crippen LogP contribution in [0.5, 0.6) is 5.75 Å². The summed E-state index contributed by atoms with van der Waals surface area (Å²) in [5, 5.41) is 0. The van der Waals surface area contributed by atoms with E-state index in [2.05, 4.69) is 24.5 Å². The Morgan fingerprint density at radius 3 is 2.35 bits per heavy atom. The third-order valence-electron chi connectivity index (χ3n) is 6.19. The summed E-state index contributed by atoms with van der Waals surface area (Å²) in [5.41, 5.74) is -0.0562. The predicted octanol–water partition coefficient (Wildman–Crippen LogP) is 3.48. The van der Waals surface area contributed by atoms with Crippen molar-refractivity contribution in [3.63, 3.8) is 0 Å². The Morgan fingerprint density at radius 2 is 1.68 bits per heavy atom. The first-order valence-electron chi connectivity index (χ1n) is 12.6. The van der Waals surface area contributed by atoms with Crippen LogP contribution in [0.4, 0.5) is 18.9 Å². The van der Waals surface area contributed by atoms with Crippen molar-refractivity contribution in [1.82, 2.24) is 14.0 Å². The third kappa shape index (κ3) is 9.35. The van der Waals surface area contributed by atoms with Gasteiger partial charge in [-0.05, 0) is 31.1 Å². The van der Waals surface area contributed by atoms with Crippen molar-refractivity contribution in [3.8, 4) is 5.75 Å². The van der Waals surface area contributed by atoms with Crippen molar-refractivity contribution in [2.45, 2.75) is 51.6 Å². The summed E-state index contributed by atoms with van der Waals surface area (Å²) in [5.74, 6) is 0.220. The molecule has 1 aromatic heterocycles. The second-order valence-electron chi connectivity index (χ2n) is 10.5. The summed E-state index contributed by atoms with van der Waals surface area (Å²) in [6.07, 6.45) is -2.29. The fraction of sp³-hybridized carbons (Fsp3) is 0.600. The molecule has 0 amide bonds. The van der Waals surface area contributed by atoms with Crippen molar-refractivity contribution >= 4 is 13.8 Å². The van der Waals surface area contributed by atoms with Gasteiger partial charge in [0.2, 0.25) is 0 Å². The number of ether oxygens (including phenoxy) is 2. The van der Waals surface area contributed by atoms with E-state index >= 15 is 0 Å². The van der Waals surface area contributed by atoms with E-state index < -0.39 is 20.9 Å². The molecular weight excluding hydrogens is 505 g/mol. The number of hydrogen-bond acceptors (Lipinski definition) is 6. The lowest BCUT2D eigenvalue weighted by molar-refractivity contribution is -0.153. The molecule has 0 unspecified atom stereocenters. The molecule has 1 aliphatic heterocycles. The molecule has 0 spiro atoms. The van der Waals surface area contributed by atoms with E-state index in [0.29, 0.717) is 58.0 Å². The van der Waals surface area contributed by atoms with Crippen LogP contribution < -0.4 is 20.9 Å². The lowest BCUT2D eigenvalue weighted by Crippen LogP contribution is -2.47. The minimum atomic E-state index is -4.39. The van der Waals surface area contributed by atoms with Crippen molar-refractivity contribution in [2.75, 3.05) is 50.8 Å². The van der Waals surface area contributed by atoms with Gasteiger partial charge in [-0.25, -0.2) is 4.79 Å². The highest BCUT2D eigenvalue weighted by atomic mass is 28.3. The van der Waals surface area contributed by atoms with Crippen molar-refractivity contribution in [1.29, 1.82) is 0 Å². The molecule has 1 saturated heterocycles. The molecule has 0 radical (unpaired) electrons. The molecule has 1 aromatic carbocycles. The van der Waals surface area contributed by atoms with E-state index in [4.69, 9.17) is 9.47 Å². The Morgan fingerprint density at radius 1 is 0.973 bits per heavy atom. The maximum Gasteiger partial charge on any atom is 0.422 e. The van der Waals surface area contributed by atoms with Crippen LogP contribution in [0, 0.1) is 0 Å². The summed E-state index contributed by atoms with van der Waals surface area (Å²) in [4.78, 5) is 29.3. The Hall–Kier alpha value is -2.57. The fourth-order valence-corrected chi connectivity index (χ4v) is 4.82. The van der Waals surface area contributed by atoms with Gasteiger partial charge in [0.05, 0.1) is 5.69 Å². The van der Waals surface area contributed by atoms with Gasteiger partial charge in [0.15, 0.2) is 6.61 Å². The first-order valence-corrected chi connectivity index (χ1v) is 16.3. The monoisotopic (exact) mass is 542 g/mol. The highest BCUT2D eigenvalue weighted by Crippen LogP contribution is 2.30. The molecule has 0 bridgehead atoms. The Labute approximate surface area is 216 Å². The van der Waals surface area contributed by atoms with Crippen LogP contribution in [0.25, 0.3) is 0 Å². The lowest BCUT2D eigenvalue weighted by Gasteiger charge is -2.36. The highest BCUT2D eigenvalue weighted by molar-refractivity contribution is 6.76. The van der Waals surface area contributed by atoms with Crippen LogP contribution in [-0.2, 0) is 18.0 Å². The summed E-state index contributed by atoms with van der Waals surface area (Å²) < 4.78 is 51.1. The van der Waals surface area contributed by atoms with Gasteiger partial charge in [0.1, 0.15) is 12.5 Å². The predicted molar refractivity (Wildman–Crippen MR) is 140 cm³/mol. The molecular formula is C25H37F3N4O4Si. The number of piperazine rings is 1. The van der Waals surface area contributed by atoms with E-state index in [1.807, 2.05) is 4.90 Å². The van der Waals surface area contributed by atoms with Crippen LogP contribution in [-0.4, -0.2) is 74.2 Å². The summed E-state index contributed by atoms with van der Waals surface area (Å²) in [7, 11) is -1.22. The molecule has 0 N–H and O–H groups in total. The van der Waals surface area contributed by atoms with Gasteiger partial charge >= 0.3 is 11.9 Å². The number of nitrogens with zero attached hydrogens (tertiary/aromatic N) is 4. The zero-order valence-corrected chi connectivity index (χ0v) is 22.8. The van der Waals surface area contributed by atoms with E-state index in [-0.39, 0.29) is 23.7 Å². The zero-order chi connectivity index (χ0) is 27.1. The van der Waals surface area contributed by atoms with Crippen molar-refractivity contribution in [3.05, 3.63) is 57.4 Å². The van der Waals surface area contributed by atoms with Gasteiger partial charge in [0.25, 0.3) is 5.56 Å². The summed E-state index contributed by atoms with van der Waals surface area (Å²) in [6.45, 7) is 9.88. The molecule has 37 heavy (non-hydrogen) atoms. The maximum absolute atomic E-state index is 12.8. The number of para-hydroxylation sites is 2.